The molecule has 2 fully saturated rings. The van der Waals surface area contributed by atoms with Gasteiger partial charge in [-0.05, 0) is 19.4 Å². The van der Waals surface area contributed by atoms with E-state index in [1.54, 1.807) is 6.33 Å². The van der Waals surface area contributed by atoms with Crippen LogP contribution in [0.3, 0.4) is 0 Å². The molecule has 0 radical (unpaired) electrons. The highest BCUT2D eigenvalue weighted by molar-refractivity contribution is 5.86. The molecule has 0 bridgehead atoms. The van der Waals surface area contributed by atoms with Crippen LogP contribution in [-0.2, 0) is 7.05 Å². The number of piperazine rings is 1. The maximum Gasteiger partial charge on any atom is 0.163 e. The number of anilines is 1. The van der Waals surface area contributed by atoms with E-state index in [4.69, 9.17) is 0 Å². The second kappa shape index (κ2) is 4.70. The standard InChI is InChI=1S/C14H20N6/c1-18-13-12(8-17-18)14(16-10-15-13)20-7-6-19-5-3-2-4-11(19)9-20/h8,10-11H,2-7,9H2,1H3/t11-/m1/s1. The SMILES string of the molecule is Cn1ncc2c(N3CCN4CCCC[C@@H]4C3)ncnc21. The third kappa shape index (κ3) is 1.86. The van der Waals surface area contributed by atoms with E-state index in [9.17, 15) is 0 Å². The summed E-state index contributed by atoms with van der Waals surface area (Å²) in [7, 11) is 1.93. The van der Waals surface area contributed by atoms with Gasteiger partial charge in [-0.15, -0.1) is 0 Å². The van der Waals surface area contributed by atoms with Crippen LogP contribution in [0.25, 0.3) is 11.0 Å². The van der Waals surface area contributed by atoms with Crippen molar-refractivity contribution in [3.05, 3.63) is 12.5 Å². The lowest BCUT2D eigenvalue weighted by molar-refractivity contribution is 0.133. The van der Waals surface area contributed by atoms with Crippen LogP contribution in [0.15, 0.2) is 12.5 Å². The van der Waals surface area contributed by atoms with Crippen molar-refractivity contribution >= 4 is 16.9 Å². The van der Waals surface area contributed by atoms with E-state index >= 15 is 0 Å². The number of aromatic nitrogens is 4. The first-order valence-electron chi connectivity index (χ1n) is 7.44. The molecule has 2 aromatic rings. The molecule has 1 atom stereocenters. The average Bonchev–Trinajstić information content (AvgIpc) is 2.88. The van der Waals surface area contributed by atoms with E-state index < -0.39 is 0 Å². The topological polar surface area (TPSA) is 50.1 Å². The molecule has 4 rings (SSSR count). The fraction of sp³-hybridized carbons (Fsp3) is 0.643. The predicted molar refractivity (Wildman–Crippen MR) is 77.7 cm³/mol. The first-order chi connectivity index (χ1) is 9.83. The normalized spacial score (nSPS) is 24.1. The Hall–Kier alpha value is -1.69. The van der Waals surface area contributed by atoms with Crippen molar-refractivity contribution < 1.29 is 0 Å². The maximum absolute atomic E-state index is 4.52. The van der Waals surface area contributed by atoms with Crippen LogP contribution < -0.4 is 4.90 Å². The van der Waals surface area contributed by atoms with Crippen LogP contribution in [0, 0.1) is 0 Å². The van der Waals surface area contributed by atoms with Gasteiger partial charge < -0.3 is 4.90 Å². The minimum absolute atomic E-state index is 0.694. The zero-order chi connectivity index (χ0) is 13.5. The van der Waals surface area contributed by atoms with Crippen molar-refractivity contribution in [1.82, 2.24) is 24.6 Å². The Balaban J connectivity index is 1.66. The van der Waals surface area contributed by atoms with E-state index in [2.05, 4.69) is 24.9 Å². The Kier molecular flexibility index (Phi) is 2.84. The molecule has 0 saturated carbocycles. The van der Waals surface area contributed by atoms with E-state index in [0.717, 1.165) is 36.5 Å². The lowest BCUT2D eigenvalue weighted by atomic mass is 9.99. The lowest BCUT2D eigenvalue weighted by Crippen LogP contribution is -2.55. The maximum atomic E-state index is 4.52. The van der Waals surface area contributed by atoms with Gasteiger partial charge in [0, 0.05) is 32.7 Å². The van der Waals surface area contributed by atoms with Crippen molar-refractivity contribution in [2.24, 2.45) is 7.05 Å². The Morgan fingerprint density at radius 3 is 3.05 bits per heavy atom. The van der Waals surface area contributed by atoms with E-state index in [0.29, 0.717) is 6.04 Å². The van der Waals surface area contributed by atoms with Gasteiger partial charge in [0.1, 0.15) is 12.1 Å². The molecule has 0 amide bonds. The quantitative estimate of drug-likeness (QED) is 0.776. The highest BCUT2D eigenvalue weighted by Crippen LogP contribution is 2.27. The van der Waals surface area contributed by atoms with Gasteiger partial charge in [-0.3, -0.25) is 9.58 Å². The number of aryl methyl sites for hydroxylation is 1. The summed E-state index contributed by atoms with van der Waals surface area (Å²) in [6, 6.07) is 0.694. The van der Waals surface area contributed by atoms with Crippen molar-refractivity contribution in [1.29, 1.82) is 0 Å². The van der Waals surface area contributed by atoms with Gasteiger partial charge in [-0.1, -0.05) is 6.42 Å². The zero-order valence-electron chi connectivity index (χ0n) is 11.9. The zero-order valence-corrected chi connectivity index (χ0v) is 11.9. The summed E-state index contributed by atoms with van der Waals surface area (Å²) in [5.74, 6) is 1.05. The molecule has 0 aromatic carbocycles. The molecule has 2 aliphatic rings. The molecular weight excluding hydrogens is 252 g/mol. The highest BCUT2D eigenvalue weighted by atomic mass is 15.3. The molecule has 6 nitrogen and oxygen atoms in total. The van der Waals surface area contributed by atoms with Crippen LogP contribution in [0.5, 0.6) is 0 Å². The lowest BCUT2D eigenvalue weighted by Gasteiger charge is -2.44. The summed E-state index contributed by atoms with van der Waals surface area (Å²) in [6.07, 6.45) is 7.58. The molecule has 2 aromatic heterocycles. The monoisotopic (exact) mass is 272 g/mol. The molecule has 6 heteroatoms. The van der Waals surface area contributed by atoms with Crippen molar-refractivity contribution in [2.45, 2.75) is 25.3 Å². The van der Waals surface area contributed by atoms with Gasteiger partial charge in [-0.25, -0.2) is 9.97 Å². The number of piperidine rings is 1. The smallest absolute Gasteiger partial charge is 0.163 e. The van der Waals surface area contributed by atoms with Gasteiger partial charge in [-0.2, -0.15) is 5.10 Å². The minimum atomic E-state index is 0.694. The largest absolute Gasteiger partial charge is 0.353 e. The average molecular weight is 272 g/mol. The third-order valence-corrected chi connectivity index (χ3v) is 4.65. The summed E-state index contributed by atoms with van der Waals surface area (Å²) in [5.41, 5.74) is 0.918. The van der Waals surface area contributed by atoms with Crippen LogP contribution in [-0.4, -0.2) is 56.9 Å². The molecule has 4 heterocycles. The number of hydrogen-bond acceptors (Lipinski definition) is 5. The number of fused-ring (bicyclic) bond motifs is 2. The van der Waals surface area contributed by atoms with Crippen LogP contribution in [0.1, 0.15) is 19.3 Å². The molecule has 0 N–H and O–H groups in total. The van der Waals surface area contributed by atoms with Crippen LogP contribution in [0.2, 0.25) is 0 Å². The van der Waals surface area contributed by atoms with E-state index in [-0.39, 0.29) is 0 Å². The number of nitrogens with zero attached hydrogens (tertiary/aromatic N) is 6. The summed E-state index contributed by atoms with van der Waals surface area (Å²) in [5, 5.41) is 5.38. The minimum Gasteiger partial charge on any atom is -0.353 e. The first kappa shape index (κ1) is 12.1. The van der Waals surface area contributed by atoms with Crippen molar-refractivity contribution in [3.8, 4) is 0 Å². The molecule has 2 saturated heterocycles. The molecule has 106 valence electrons. The fourth-order valence-corrected chi connectivity index (χ4v) is 3.55. The van der Waals surface area contributed by atoms with E-state index in [1.807, 2.05) is 17.9 Å². The molecular formula is C14H20N6. The predicted octanol–water partition coefficient (Wildman–Crippen LogP) is 1.04. The Morgan fingerprint density at radius 1 is 1.15 bits per heavy atom. The summed E-state index contributed by atoms with van der Waals surface area (Å²) >= 11 is 0. The molecule has 2 aliphatic heterocycles. The Bertz CT molecular complexity index is 621. The summed E-state index contributed by atoms with van der Waals surface area (Å²) < 4.78 is 1.82. The van der Waals surface area contributed by atoms with Gasteiger partial charge in [0.2, 0.25) is 0 Å². The third-order valence-electron chi connectivity index (χ3n) is 4.65. The highest BCUT2D eigenvalue weighted by Gasteiger charge is 2.30. The first-order valence-corrected chi connectivity index (χ1v) is 7.44. The van der Waals surface area contributed by atoms with E-state index in [1.165, 1.54) is 25.8 Å². The Morgan fingerprint density at radius 2 is 2.10 bits per heavy atom. The number of rotatable bonds is 1. The molecule has 0 spiro atoms. The second-order valence-corrected chi connectivity index (χ2v) is 5.83. The molecule has 20 heavy (non-hydrogen) atoms. The van der Waals surface area contributed by atoms with Gasteiger partial charge >= 0.3 is 0 Å². The van der Waals surface area contributed by atoms with Crippen molar-refractivity contribution in [3.63, 3.8) is 0 Å². The van der Waals surface area contributed by atoms with Crippen LogP contribution >= 0.6 is 0 Å². The van der Waals surface area contributed by atoms with Crippen molar-refractivity contribution in [2.75, 3.05) is 31.1 Å². The summed E-state index contributed by atoms with van der Waals surface area (Å²) in [4.78, 5) is 13.9. The van der Waals surface area contributed by atoms with Gasteiger partial charge in [0.15, 0.2) is 5.65 Å². The Labute approximate surface area is 118 Å². The molecule has 0 aliphatic carbocycles. The van der Waals surface area contributed by atoms with Gasteiger partial charge in [0.05, 0.1) is 11.6 Å². The van der Waals surface area contributed by atoms with Crippen LogP contribution in [0.4, 0.5) is 5.82 Å². The number of hydrogen-bond donors (Lipinski definition) is 0. The van der Waals surface area contributed by atoms with Gasteiger partial charge in [0.25, 0.3) is 0 Å². The fourth-order valence-electron chi connectivity index (χ4n) is 3.55. The second-order valence-electron chi connectivity index (χ2n) is 5.83. The molecule has 0 unspecified atom stereocenters. The summed E-state index contributed by atoms with van der Waals surface area (Å²) in [6.45, 7) is 4.56.